The Balaban J connectivity index is 2.15. The quantitative estimate of drug-likeness (QED) is 0.751. The summed E-state index contributed by atoms with van der Waals surface area (Å²) in [6, 6.07) is 8.10. The van der Waals surface area contributed by atoms with Gasteiger partial charge in [0, 0.05) is 12.2 Å². The predicted octanol–water partition coefficient (Wildman–Crippen LogP) is 2.53. The number of hydrogen-bond acceptors (Lipinski definition) is 4. The van der Waals surface area contributed by atoms with Gasteiger partial charge in [0.25, 0.3) is 0 Å². The van der Waals surface area contributed by atoms with Crippen molar-refractivity contribution in [2.45, 2.75) is 78.8 Å². The molecule has 0 aromatic heterocycles. The van der Waals surface area contributed by atoms with E-state index < -0.39 is 0 Å². The Morgan fingerprint density at radius 2 is 1.25 bits per heavy atom. The average Bonchev–Trinajstić information content (AvgIpc) is 2.66. The van der Waals surface area contributed by atoms with Crippen molar-refractivity contribution in [3.63, 3.8) is 0 Å². The van der Waals surface area contributed by atoms with Gasteiger partial charge >= 0.3 is 14.2 Å². The number of benzene rings is 1. The van der Waals surface area contributed by atoms with Gasteiger partial charge in [-0.3, -0.25) is 0 Å². The molecule has 0 amide bonds. The lowest BCUT2D eigenvalue weighted by atomic mass is 9.73. The van der Waals surface area contributed by atoms with Gasteiger partial charge < -0.3 is 18.6 Å². The Morgan fingerprint density at radius 1 is 0.833 bits per heavy atom. The molecule has 1 aromatic carbocycles. The van der Waals surface area contributed by atoms with Gasteiger partial charge in [-0.15, -0.1) is 0 Å². The third kappa shape index (κ3) is 4.42. The standard InChI is InChI=1S/C18H30B2O4/c1-13(2)21-19(22-14(3)4)15-9-11-16(12-10-15)20-23-17(5,6)18(7,8)24-20/h9-14H,1-8H3. The predicted molar refractivity (Wildman–Crippen MR) is 100.0 cm³/mol. The van der Waals surface area contributed by atoms with Crippen LogP contribution >= 0.6 is 0 Å². The molecular formula is C18H30B2O4. The molecule has 0 spiro atoms. The van der Waals surface area contributed by atoms with Crippen molar-refractivity contribution in [2.75, 3.05) is 0 Å². The van der Waals surface area contributed by atoms with E-state index in [4.69, 9.17) is 18.6 Å². The Hall–Kier alpha value is -0.810. The average molecular weight is 332 g/mol. The largest absolute Gasteiger partial charge is 0.494 e. The summed E-state index contributed by atoms with van der Waals surface area (Å²) in [6.45, 7) is 16.3. The molecule has 1 aliphatic rings. The highest BCUT2D eigenvalue weighted by atomic mass is 16.7. The van der Waals surface area contributed by atoms with Crippen LogP contribution in [0.3, 0.4) is 0 Å². The molecule has 1 aliphatic heterocycles. The molecule has 0 aliphatic carbocycles. The molecule has 1 heterocycles. The van der Waals surface area contributed by atoms with E-state index in [2.05, 4.69) is 27.7 Å². The van der Waals surface area contributed by atoms with Gasteiger partial charge in [0.1, 0.15) is 0 Å². The summed E-state index contributed by atoms with van der Waals surface area (Å²) in [6.07, 6.45) is 0.188. The van der Waals surface area contributed by atoms with Crippen molar-refractivity contribution in [1.82, 2.24) is 0 Å². The van der Waals surface area contributed by atoms with E-state index in [9.17, 15) is 0 Å². The van der Waals surface area contributed by atoms with Gasteiger partial charge in [-0.05, 0) is 66.3 Å². The Kier molecular flexibility index (Phi) is 5.86. The molecule has 1 fully saturated rings. The summed E-state index contributed by atoms with van der Waals surface area (Å²) in [4.78, 5) is 0. The number of rotatable bonds is 6. The summed E-state index contributed by atoms with van der Waals surface area (Å²) in [7, 11) is -0.711. The van der Waals surface area contributed by atoms with Crippen molar-refractivity contribution < 1.29 is 18.6 Å². The maximum Gasteiger partial charge on any atom is 0.494 e. The zero-order valence-electron chi connectivity index (χ0n) is 16.3. The van der Waals surface area contributed by atoms with E-state index in [0.717, 1.165) is 10.9 Å². The lowest BCUT2D eigenvalue weighted by molar-refractivity contribution is 0.00578. The van der Waals surface area contributed by atoms with E-state index in [1.165, 1.54) is 0 Å². The lowest BCUT2D eigenvalue weighted by Crippen LogP contribution is -2.42. The van der Waals surface area contributed by atoms with Crippen LogP contribution in [0.4, 0.5) is 0 Å². The molecular weight excluding hydrogens is 302 g/mol. The van der Waals surface area contributed by atoms with Crippen LogP contribution < -0.4 is 10.9 Å². The zero-order valence-corrected chi connectivity index (χ0v) is 16.3. The molecule has 2 rings (SSSR count). The Morgan fingerprint density at radius 3 is 1.62 bits per heavy atom. The summed E-state index contributed by atoms with van der Waals surface area (Å²) >= 11 is 0. The maximum atomic E-state index is 6.09. The van der Waals surface area contributed by atoms with E-state index >= 15 is 0 Å². The third-order valence-corrected chi connectivity index (χ3v) is 4.53. The van der Waals surface area contributed by atoms with Crippen molar-refractivity contribution in [3.8, 4) is 0 Å². The van der Waals surface area contributed by atoms with Crippen molar-refractivity contribution in [2.24, 2.45) is 0 Å². The molecule has 0 N–H and O–H groups in total. The maximum absolute atomic E-state index is 6.09. The van der Waals surface area contributed by atoms with Gasteiger partial charge in [-0.2, -0.15) is 0 Å². The first-order chi connectivity index (χ1) is 11.0. The van der Waals surface area contributed by atoms with Crippen LogP contribution in [0.15, 0.2) is 24.3 Å². The van der Waals surface area contributed by atoms with E-state index in [0.29, 0.717) is 0 Å². The molecule has 0 saturated carbocycles. The fourth-order valence-electron chi connectivity index (χ4n) is 2.47. The summed E-state index contributed by atoms with van der Waals surface area (Å²) in [5, 5.41) is 0. The minimum Gasteiger partial charge on any atom is -0.405 e. The van der Waals surface area contributed by atoms with E-state index in [1.54, 1.807) is 0 Å². The van der Waals surface area contributed by atoms with Gasteiger partial charge in [0.2, 0.25) is 0 Å². The molecule has 4 nitrogen and oxygen atoms in total. The highest BCUT2D eigenvalue weighted by molar-refractivity contribution is 6.63. The van der Waals surface area contributed by atoms with Crippen LogP contribution in [-0.2, 0) is 18.6 Å². The van der Waals surface area contributed by atoms with Crippen LogP contribution in [0.5, 0.6) is 0 Å². The second-order valence-corrected chi connectivity index (χ2v) is 7.96. The minimum atomic E-state index is -0.364. The smallest absolute Gasteiger partial charge is 0.405 e. The van der Waals surface area contributed by atoms with E-state index in [-0.39, 0.29) is 37.6 Å². The zero-order chi connectivity index (χ0) is 18.1. The molecule has 0 radical (unpaired) electrons. The monoisotopic (exact) mass is 332 g/mol. The van der Waals surface area contributed by atoms with Crippen LogP contribution in [0.1, 0.15) is 55.4 Å². The third-order valence-electron chi connectivity index (χ3n) is 4.53. The molecule has 132 valence electrons. The van der Waals surface area contributed by atoms with Gasteiger partial charge in [0.15, 0.2) is 0 Å². The minimum absolute atomic E-state index is 0.0940. The van der Waals surface area contributed by atoms with Gasteiger partial charge in [0.05, 0.1) is 11.2 Å². The topological polar surface area (TPSA) is 36.9 Å². The first kappa shape index (κ1) is 19.5. The normalized spacial score (nSPS) is 19.3. The first-order valence-corrected chi connectivity index (χ1v) is 8.78. The summed E-state index contributed by atoms with van der Waals surface area (Å²) in [5.74, 6) is 0. The highest BCUT2D eigenvalue weighted by Crippen LogP contribution is 2.36. The van der Waals surface area contributed by atoms with Gasteiger partial charge in [-0.25, -0.2) is 0 Å². The van der Waals surface area contributed by atoms with Crippen LogP contribution in [0.25, 0.3) is 0 Å². The van der Waals surface area contributed by atoms with Crippen LogP contribution in [0, 0.1) is 0 Å². The summed E-state index contributed by atoms with van der Waals surface area (Å²) in [5.41, 5.74) is 1.34. The molecule has 1 saturated heterocycles. The highest BCUT2D eigenvalue weighted by Gasteiger charge is 2.51. The molecule has 6 heteroatoms. The lowest BCUT2D eigenvalue weighted by Gasteiger charge is -2.32. The fraction of sp³-hybridized carbons (Fsp3) is 0.667. The summed E-state index contributed by atoms with van der Waals surface area (Å²) < 4.78 is 24.0. The van der Waals surface area contributed by atoms with E-state index in [1.807, 2.05) is 52.0 Å². The second kappa shape index (κ2) is 7.20. The van der Waals surface area contributed by atoms with Crippen LogP contribution in [0.2, 0.25) is 0 Å². The molecule has 0 atom stereocenters. The van der Waals surface area contributed by atoms with Gasteiger partial charge in [-0.1, -0.05) is 24.3 Å². The molecule has 0 unspecified atom stereocenters. The van der Waals surface area contributed by atoms with Crippen molar-refractivity contribution >= 4 is 25.2 Å². The first-order valence-electron chi connectivity index (χ1n) is 8.78. The Bertz CT molecular complexity index is 493. The van der Waals surface area contributed by atoms with Crippen molar-refractivity contribution in [3.05, 3.63) is 24.3 Å². The fourth-order valence-corrected chi connectivity index (χ4v) is 2.47. The molecule has 1 aromatic rings. The number of hydrogen-bond donors (Lipinski definition) is 0. The molecule has 24 heavy (non-hydrogen) atoms. The van der Waals surface area contributed by atoms with Crippen LogP contribution in [-0.4, -0.2) is 37.6 Å². The SMILES string of the molecule is CC(C)OB(OC(C)C)c1ccc(B2OC(C)(C)C(C)(C)O2)cc1. The molecule has 0 bridgehead atoms. The van der Waals surface area contributed by atoms with Crippen molar-refractivity contribution in [1.29, 1.82) is 0 Å². The second-order valence-electron chi connectivity index (χ2n) is 7.96. The Labute approximate surface area is 147 Å².